The van der Waals surface area contributed by atoms with E-state index < -0.39 is 0 Å². The Morgan fingerprint density at radius 3 is 2.85 bits per heavy atom. The third-order valence-corrected chi connectivity index (χ3v) is 2.51. The second-order valence-corrected chi connectivity index (χ2v) is 3.53. The molecular weight excluding hydrogens is 210 g/mol. The molecule has 6 heteroatoms. The predicted molar refractivity (Wildman–Crippen MR) is 54.7 cm³/mol. The number of rotatable bonds is 5. The fourth-order valence-electron chi connectivity index (χ4n) is 0.953. The van der Waals surface area contributed by atoms with Gasteiger partial charge in [-0.05, 0) is 6.42 Å². The predicted octanol–water partition coefficient (Wildman–Crippen LogP) is 1.66. The van der Waals surface area contributed by atoms with Crippen LogP contribution in [0.5, 0.6) is 0 Å². The van der Waals surface area contributed by atoms with E-state index >= 15 is 0 Å². The van der Waals surface area contributed by atoms with E-state index in [1.165, 1.54) is 0 Å². The van der Waals surface area contributed by atoms with Crippen molar-refractivity contribution in [3.8, 4) is 0 Å². The van der Waals surface area contributed by atoms with E-state index in [1.807, 2.05) is 11.9 Å². The molecule has 0 aliphatic heterocycles. The maximum Gasteiger partial charge on any atom is 0.187 e. The molecule has 0 fully saturated rings. The first-order valence-corrected chi connectivity index (χ1v) is 5.04. The largest absolute Gasteiger partial charge is 0.385 e. The molecule has 0 atom stereocenters. The van der Waals surface area contributed by atoms with Crippen molar-refractivity contribution in [2.45, 2.75) is 6.42 Å². The van der Waals surface area contributed by atoms with Crippen LogP contribution in [0.2, 0.25) is 5.15 Å². The van der Waals surface area contributed by atoms with Gasteiger partial charge in [0.05, 0.1) is 11.7 Å². The van der Waals surface area contributed by atoms with Crippen molar-refractivity contribution in [1.82, 2.24) is 8.75 Å². The smallest absolute Gasteiger partial charge is 0.187 e. The van der Waals surface area contributed by atoms with Gasteiger partial charge in [0.25, 0.3) is 0 Å². The molecule has 0 aliphatic rings. The lowest BCUT2D eigenvalue weighted by Crippen LogP contribution is -2.20. The first-order valence-electron chi connectivity index (χ1n) is 3.94. The monoisotopic (exact) mass is 221 g/mol. The lowest BCUT2D eigenvalue weighted by molar-refractivity contribution is 0.196. The van der Waals surface area contributed by atoms with E-state index in [0.29, 0.717) is 5.15 Å². The highest BCUT2D eigenvalue weighted by atomic mass is 35.5. The molecule has 74 valence electrons. The summed E-state index contributed by atoms with van der Waals surface area (Å²) in [5.41, 5.74) is 0. The number of hydrogen-bond acceptors (Lipinski definition) is 5. The molecule has 0 spiro atoms. The van der Waals surface area contributed by atoms with Gasteiger partial charge in [-0.3, -0.25) is 0 Å². The lowest BCUT2D eigenvalue weighted by atomic mass is 10.4. The molecule has 0 unspecified atom stereocenters. The van der Waals surface area contributed by atoms with Gasteiger partial charge in [0.1, 0.15) is 0 Å². The fourth-order valence-corrected chi connectivity index (χ4v) is 1.78. The van der Waals surface area contributed by atoms with E-state index in [9.17, 15) is 0 Å². The van der Waals surface area contributed by atoms with Crippen molar-refractivity contribution in [1.29, 1.82) is 0 Å². The van der Waals surface area contributed by atoms with Crippen LogP contribution in [0, 0.1) is 0 Å². The van der Waals surface area contributed by atoms with Gasteiger partial charge in [0.15, 0.2) is 11.0 Å². The number of ether oxygens (including phenoxy) is 1. The van der Waals surface area contributed by atoms with Gasteiger partial charge in [0, 0.05) is 27.3 Å². The highest BCUT2D eigenvalue weighted by Gasteiger charge is 2.09. The fraction of sp³-hybridized carbons (Fsp3) is 0.714. The van der Waals surface area contributed by atoms with Crippen molar-refractivity contribution >= 4 is 29.1 Å². The average Bonchev–Trinajstić information content (AvgIpc) is 2.52. The molecular formula is C7H12ClN3OS. The number of anilines is 1. The number of aromatic nitrogens is 2. The standard InChI is InChI=1S/C7H12ClN3OS/c1-11(4-3-5-12-2)7-6(8)9-13-10-7/h3-5H2,1-2H3. The van der Waals surface area contributed by atoms with Crippen LogP contribution in [0.15, 0.2) is 0 Å². The van der Waals surface area contributed by atoms with Gasteiger partial charge in [0.2, 0.25) is 0 Å². The Labute approximate surface area is 86.8 Å². The molecule has 0 saturated heterocycles. The highest BCUT2D eigenvalue weighted by Crippen LogP contribution is 2.21. The van der Waals surface area contributed by atoms with Crippen molar-refractivity contribution < 1.29 is 4.74 Å². The normalized spacial score (nSPS) is 10.4. The number of halogens is 1. The topological polar surface area (TPSA) is 38.2 Å². The van der Waals surface area contributed by atoms with Crippen LogP contribution in [0.4, 0.5) is 5.82 Å². The minimum Gasteiger partial charge on any atom is -0.385 e. The summed E-state index contributed by atoms with van der Waals surface area (Å²) in [5.74, 6) is 0.753. The van der Waals surface area contributed by atoms with E-state index in [4.69, 9.17) is 16.3 Å². The molecule has 0 bridgehead atoms. The molecule has 13 heavy (non-hydrogen) atoms. The molecule has 1 heterocycles. The second kappa shape index (κ2) is 5.36. The maximum absolute atomic E-state index is 5.81. The SMILES string of the molecule is COCCCN(C)c1nsnc1Cl. The molecule has 0 saturated carbocycles. The summed E-state index contributed by atoms with van der Waals surface area (Å²) in [6.07, 6.45) is 0.959. The Morgan fingerprint density at radius 1 is 1.54 bits per heavy atom. The van der Waals surface area contributed by atoms with Crippen LogP contribution < -0.4 is 4.90 Å². The van der Waals surface area contributed by atoms with Gasteiger partial charge in [-0.2, -0.15) is 8.75 Å². The molecule has 1 aromatic heterocycles. The van der Waals surface area contributed by atoms with Crippen LogP contribution in [0.1, 0.15) is 6.42 Å². The lowest BCUT2D eigenvalue weighted by Gasteiger charge is -2.15. The zero-order chi connectivity index (χ0) is 9.68. The van der Waals surface area contributed by atoms with Gasteiger partial charge in [-0.1, -0.05) is 11.6 Å². The molecule has 1 aromatic rings. The van der Waals surface area contributed by atoms with Crippen LogP contribution in [0.3, 0.4) is 0 Å². The molecule has 0 aromatic carbocycles. The summed E-state index contributed by atoms with van der Waals surface area (Å²) >= 11 is 6.94. The third-order valence-electron chi connectivity index (χ3n) is 1.64. The van der Waals surface area contributed by atoms with Gasteiger partial charge < -0.3 is 9.64 Å². The Kier molecular flexibility index (Phi) is 4.41. The molecule has 4 nitrogen and oxygen atoms in total. The van der Waals surface area contributed by atoms with Crippen LogP contribution in [-0.4, -0.2) is 36.1 Å². The molecule has 0 amide bonds. The Bertz CT molecular complexity index is 256. The minimum absolute atomic E-state index is 0.477. The summed E-state index contributed by atoms with van der Waals surface area (Å²) in [4.78, 5) is 1.98. The van der Waals surface area contributed by atoms with Gasteiger partial charge in [-0.15, -0.1) is 0 Å². The summed E-state index contributed by atoms with van der Waals surface area (Å²) < 4.78 is 12.9. The third kappa shape index (κ3) is 3.10. The van der Waals surface area contributed by atoms with Crippen LogP contribution >= 0.6 is 23.3 Å². The zero-order valence-electron chi connectivity index (χ0n) is 7.66. The minimum atomic E-state index is 0.477. The second-order valence-electron chi connectivity index (χ2n) is 2.65. The first-order chi connectivity index (χ1) is 6.25. The van der Waals surface area contributed by atoms with Crippen LogP contribution in [-0.2, 0) is 4.74 Å². The summed E-state index contributed by atoms with van der Waals surface area (Å²) in [6.45, 7) is 1.62. The van der Waals surface area contributed by atoms with Crippen molar-refractivity contribution in [3.05, 3.63) is 5.15 Å². The Morgan fingerprint density at radius 2 is 2.31 bits per heavy atom. The van der Waals surface area contributed by atoms with Gasteiger partial charge in [-0.25, -0.2) is 0 Å². The summed E-state index contributed by atoms with van der Waals surface area (Å²) in [5, 5.41) is 0.477. The van der Waals surface area contributed by atoms with Gasteiger partial charge >= 0.3 is 0 Å². The van der Waals surface area contributed by atoms with Crippen molar-refractivity contribution in [3.63, 3.8) is 0 Å². The number of methoxy groups -OCH3 is 1. The van der Waals surface area contributed by atoms with Crippen LogP contribution in [0.25, 0.3) is 0 Å². The molecule has 1 rings (SSSR count). The summed E-state index contributed by atoms with van der Waals surface area (Å²) in [6, 6.07) is 0. The zero-order valence-corrected chi connectivity index (χ0v) is 9.23. The van der Waals surface area contributed by atoms with Crippen molar-refractivity contribution in [2.24, 2.45) is 0 Å². The average molecular weight is 222 g/mol. The number of hydrogen-bond donors (Lipinski definition) is 0. The summed E-state index contributed by atoms with van der Waals surface area (Å²) in [7, 11) is 3.63. The first kappa shape index (κ1) is 10.7. The number of nitrogens with zero attached hydrogens (tertiary/aromatic N) is 3. The molecule has 0 N–H and O–H groups in total. The van der Waals surface area contributed by atoms with E-state index in [2.05, 4.69) is 8.75 Å². The van der Waals surface area contributed by atoms with E-state index in [1.54, 1.807) is 7.11 Å². The quantitative estimate of drug-likeness (QED) is 0.709. The highest BCUT2D eigenvalue weighted by molar-refractivity contribution is 6.99. The Hall–Kier alpha value is -0.390. The van der Waals surface area contributed by atoms with Crippen molar-refractivity contribution in [2.75, 3.05) is 32.2 Å². The molecule has 0 aliphatic carbocycles. The van der Waals surface area contributed by atoms with E-state index in [0.717, 1.165) is 37.1 Å². The van der Waals surface area contributed by atoms with E-state index in [-0.39, 0.29) is 0 Å². The molecule has 0 radical (unpaired) electrons. The maximum atomic E-state index is 5.81. The Balaban J connectivity index is 2.39.